The van der Waals surface area contributed by atoms with Gasteiger partial charge in [-0.1, -0.05) is 36.4 Å². The molecule has 0 spiro atoms. The molecule has 0 radical (unpaired) electrons. The maximum absolute atomic E-state index is 12.6. The number of amides is 1. The van der Waals surface area contributed by atoms with Gasteiger partial charge in [0, 0.05) is 5.39 Å². The molecule has 0 saturated carbocycles. The zero-order chi connectivity index (χ0) is 22.5. The molecule has 1 aliphatic rings. The van der Waals surface area contributed by atoms with Gasteiger partial charge in [0.15, 0.2) is 23.3 Å². The van der Waals surface area contributed by atoms with Gasteiger partial charge in [0.05, 0.1) is 21.7 Å². The summed E-state index contributed by atoms with van der Waals surface area (Å²) >= 11 is 4.75. The van der Waals surface area contributed by atoms with Gasteiger partial charge in [-0.05, 0) is 69.8 Å². The lowest BCUT2D eigenvalue weighted by Crippen LogP contribution is -2.19. The molecule has 6 nitrogen and oxygen atoms in total. The standard InChI is InChI=1S/C24H18BrN3O3S/c1-2-30-20-13-15(12-18(25)22(20)31-11-10-26)14-21-23(29)28-24(32-21)27-19-9-5-7-16-6-3-4-8-17(16)19/h3-9,12-14H,2,11H2,1H3,(H,27,28,29). The molecule has 0 aliphatic carbocycles. The van der Waals surface area contributed by atoms with E-state index in [-0.39, 0.29) is 12.5 Å². The molecule has 3 aromatic rings. The van der Waals surface area contributed by atoms with Crippen LogP contribution in [0.2, 0.25) is 0 Å². The minimum Gasteiger partial charge on any atom is -0.490 e. The number of carbonyl (C=O) groups excluding carboxylic acids is 1. The van der Waals surface area contributed by atoms with E-state index in [4.69, 9.17) is 14.7 Å². The van der Waals surface area contributed by atoms with Crippen LogP contribution in [0.25, 0.3) is 16.8 Å². The van der Waals surface area contributed by atoms with Crippen molar-refractivity contribution in [1.29, 1.82) is 5.26 Å². The molecule has 1 fully saturated rings. The lowest BCUT2D eigenvalue weighted by molar-refractivity contribution is -0.115. The highest BCUT2D eigenvalue weighted by molar-refractivity contribution is 9.10. The molecule has 0 atom stereocenters. The second-order valence-corrected chi connectivity index (χ2v) is 8.57. The summed E-state index contributed by atoms with van der Waals surface area (Å²) in [6.45, 7) is 2.21. The topological polar surface area (TPSA) is 83.7 Å². The monoisotopic (exact) mass is 507 g/mol. The van der Waals surface area contributed by atoms with Crippen molar-refractivity contribution in [1.82, 2.24) is 5.32 Å². The Hall–Kier alpha value is -3.28. The van der Waals surface area contributed by atoms with E-state index in [1.807, 2.05) is 61.5 Å². The number of carbonyl (C=O) groups is 1. The second-order valence-electron chi connectivity index (χ2n) is 6.69. The van der Waals surface area contributed by atoms with Crippen LogP contribution in [0.5, 0.6) is 11.5 Å². The number of benzene rings is 3. The van der Waals surface area contributed by atoms with Gasteiger partial charge in [0.25, 0.3) is 5.91 Å². The molecule has 1 saturated heterocycles. The molecule has 3 aromatic carbocycles. The lowest BCUT2D eigenvalue weighted by atomic mass is 10.1. The van der Waals surface area contributed by atoms with Crippen molar-refractivity contribution >= 4 is 61.3 Å². The molecule has 160 valence electrons. The van der Waals surface area contributed by atoms with Crippen molar-refractivity contribution in [3.63, 3.8) is 0 Å². The Morgan fingerprint density at radius 3 is 2.81 bits per heavy atom. The van der Waals surface area contributed by atoms with Gasteiger partial charge in [-0.15, -0.1) is 0 Å². The SMILES string of the molecule is CCOc1cc(C=C2SC(=Nc3cccc4ccccc34)NC2=O)cc(Br)c1OCC#N. The van der Waals surface area contributed by atoms with Crippen LogP contribution in [-0.4, -0.2) is 24.3 Å². The van der Waals surface area contributed by atoms with E-state index in [1.165, 1.54) is 11.8 Å². The second kappa shape index (κ2) is 9.90. The Labute approximate surface area is 198 Å². The predicted octanol–water partition coefficient (Wildman–Crippen LogP) is 5.79. The number of hydrogen-bond donors (Lipinski definition) is 1. The number of aliphatic imine (C=N–C) groups is 1. The molecule has 1 amide bonds. The number of fused-ring (bicyclic) bond motifs is 1. The van der Waals surface area contributed by atoms with E-state index in [2.05, 4.69) is 26.2 Å². The number of amidine groups is 1. The van der Waals surface area contributed by atoms with E-state index >= 15 is 0 Å². The van der Waals surface area contributed by atoms with Crippen molar-refractivity contribution in [3.8, 4) is 17.6 Å². The quantitative estimate of drug-likeness (QED) is 0.426. The number of nitrogens with one attached hydrogen (secondary N) is 1. The smallest absolute Gasteiger partial charge is 0.264 e. The molecule has 0 aromatic heterocycles. The molecule has 0 unspecified atom stereocenters. The van der Waals surface area contributed by atoms with E-state index in [0.717, 1.165) is 22.0 Å². The van der Waals surface area contributed by atoms with Gasteiger partial charge in [-0.25, -0.2) is 4.99 Å². The molecular weight excluding hydrogens is 490 g/mol. The highest BCUT2D eigenvalue weighted by atomic mass is 79.9. The van der Waals surface area contributed by atoms with Gasteiger partial charge in [-0.2, -0.15) is 5.26 Å². The number of nitrogens with zero attached hydrogens (tertiary/aromatic N) is 2. The maximum atomic E-state index is 12.6. The first kappa shape index (κ1) is 21.9. The van der Waals surface area contributed by atoms with Gasteiger partial charge in [-0.3, -0.25) is 4.79 Å². The van der Waals surface area contributed by atoms with Gasteiger partial charge in [0.1, 0.15) is 6.07 Å². The number of hydrogen-bond acceptors (Lipinski definition) is 6. The highest BCUT2D eigenvalue weighted by Crippen LogP contribution is 2.38. The summed E-state index contributed by atoms with van der Waals surface area (Å²) in [5.41, 5.74) is 1.56. The number of halogens is 1. The van der Waals surface area contributed by atoms with E-state index < -0.39 is 0 Å². The van der Waals surface area contributed by atoms with Crippen LogP contribution in [0.15, 0.2) is 69.0 Å². The summed E-state index contributed by atoms with van der Waals surface area (Å²) in [6.07, 6.45) is 1.77. The first-order chi connectivity index (χ1) is 15.6. The third-order valence-corrected chi connectivity index (χ3v) is 6.05. The van der Waals surface area contributed by atoms with E-state index in [0.29, 0.717) is 32.7 Å². The Kier molecular flexibility index (Phi) is 6.78. The van der Waals surface area contributed by atoms with Gasteiger partial charge in [0.2, 0.25) is 0 Å². The molecule has 4 rings (SSSR count). The van der Waals surface area contributed by atoms with Crippen molar-refractivity contribution in [2.75, 3.05) is 13.2 Å². The average molecular weight is 508 g/mol. The van der Waals surface area contributed by atoms with Crippen LogP contribution < -0.4 is 14.8 Å². The fourth-order valence-electron chi connectivity index (χ4n) is 3.23. The number of nitriles is 1. The summed E-state index contributed by atoms with van der Waals surface area (Å²) in [5, 5.41) is 14.3. The van der Waals surface area contributed by atoms with Crippen molar-refractivity contribution in [3.05, 3.63) is 69.5 Å². The Morgan fingerprint density at radius 1 is 1.19 bits per heavy atom. The summed E-state index contributed by atoms with van der Waals surface area (Å²) in [4.78, 5) is 17.7. The summed E-state index contributed by atoms with van der Waals surface area (Å²) in [7, 11) is 0. The molecule has 1 aliphatic heterocycles. The van der Waals surface area contributed by atoms with E-state index in [9.17, 15) is 4.79 Å². The Bertz CT molecular complexity index is 1290. The van der Waals surface area contributed by atoms with Crippen LogP contribution in [0.4, 0.5) is 5.69 Å². The first-order valence-electron chi connectivity index (χ1n) is 9.82. The maximum Gasteiger partial charge on any atom is 0.264 e. The molecular formula is C24H18BrN3O3S. The third-order valence-electron chi connectivity index (χ3n) is 4.55. The van der Waals surface area contributed by atoms with Crippen LogP contribution in [0.1, 0.15) is 12.5 Å². The van der Waals surface area contributed by atoms with Crippen LogP contribution in [0.3, 0.4) is 0 Å². The largest absolute Gasteiger partial charge is 0.490 e. The zero-order valence-corrected chi connectivity index (χ0v) is 19.5. The molecule has 1 N–H and O–H groups in total. The fraction of sp³-hybridized carbons (Fsp3) is 0.125. The van der Waals surface area contributed by atoms with Gasteiger partial charge < -0.3 is 14.8 Å². The third kappa shape index (κ3) is 4.79. The minimum atomic E-state index is -0.215. The van der Waals surface area contributed by atoms with E-state index in [1.54, 1.807) is 12.1 Å². The number of ether oxygens (including phenoxy) is 2. The molecule has 1 heterocycles. The normalized spacial score (nSPS) is 15.7. The average Bonchev–Trinajstić information content (AvgIpc) is 3.12. The van der Waals surface area contributed by atoms with Crippen LogP contribution >= 0.6 is 27.7 Å². The lowest BCUT2D eigenvalue weighted by Gasteiger charge is -2.13. The summed E-state index contributed by atoms with van der Waals surface area (Å²) in [5.74, 6) is 0.738. The van der Waals surface area contributed by atoms with Gasteiger partial charge >= 0.3 is 0 Å². The zero-order valence-electron chi connectivity index (χ0n) is 17.1. The number of rotatable bonds is 6. The summed E-state index contributed by atoms with van der Waals surface area (Å²) < 4.78 is 11.8. The summed E-state index contributed by atoms with van der Waals surface area (Å²) in [6, 6.07) is 19.4. The van der Waals surface area contributed by atoms with Crippen molar-refractivity contribution in [2.45, 2.75) is 6.92 Å². The fourth-order valence-corrected chi connectivity index (χ4v) is 4.63. The van der Waals surface area contributed by atoms with Crippen LogP contribution in [0, 0.1) is 11.3 Å². The minimum absolute atomic E-state index is 0.0919. The molecule has 0 bridgehead atoms. The predicted molar refractivity (Wildman–Crippen MR) is 131 cm³/mol. The van der Waals surface area contributed by atoms with Crippen molar-refractivity contribution in [2.24, 2.45) is 4.99 Å². The first-order valence-corrected chi connectivity index (χ1v) is 11.4. The highest BCUT2D eigenvalue weighted by Gasteiger charge is 2.24. The Morgan fingerprint density at radius 2 is 2.00 bits per heavy atom. The molecule has 32 heavy (non-hydrogen) atoms. The molecule has 8 heteroatoms. The van der Waals surface area contributed by atoms with Crippen LogP contribution in [-0.2, 0) is 4.79 Å². The Balaban J connectivity index is 1.63. The van der Waals surface area contributed by atoms with Crippen molar-refractivity contribution < 1.29 is 14.3 Å². The number of thioether (sulfide) groups is 1.